The minimum absolute atomic E-state index is 0.279. The lowest BCUT2D eigenvalue weighted by atomic mass is 9.91. The number of amides is 1. The molecule has 1 aromatic rings. The van der Waals surface area contributed by atoms with E-state index in [2.05, 4.69) is 5.32 Å². The fourth-order valence-electron chi connectivity index (χ4n) is 1.59. The molecule has 0 saturated heterocycles. The van der Waals surface area contributed by atoms with Crippen molar-refractivity contribution in [1.82, 2.24) is 5.32 Å². The van der Waals surface area contributed by atoms with Crippen LogP contribution in [0.1, 0.15) is 32.8 Å². The molecule has 104 valence electrons. The Hall–Kier alpha value is -1.91. The highest BCUT2D eigenvalue weighted by atomic mass is 19.1. The molecule has 0 radical (unpaired) electrons. The number of rotatable bonds is 5. The maximum absolute atomic E-state index is 12.9. The van der Waals surface area contributed by atoms with Crippen LogP contribution in [-0.4, -0.2) is 17.0 Å². The molecule has 2 N–H and O–H groups in total. The summed E-state index contributed by atoms with van der Waals surface area (Å²) in [5.41, 5.74) is -1.23. The van der Waals surface area contributed by atoms with E-state index in [0.717, 1.165) is 0 Å². The van der Waals surface area contributed by atoms with Crippen LogP contribution >= 0.6 is 0 Å². The Morgan fingerprint density at radius 3 is 2.32 bits per heavy atom. The standard InChI is InChI=1S/C14H18FNO3/c1-4-9(2)12(17)16-14(3,13(18)19)10-5-7-11(15)8-6-10/h5-9H,4H2,1-3H3,(H,16,17)(H,18,19). The molecule has 0 aliphatic carbocycles. The Kier molecular flexibility index (Phi) is 4.64. The summed E-state index contributed by atoms with van der Waals surface area (Å²) in [6.07, 6.45) is 0.616. The Morgan fingerprint density at radius 2 is 1.89 bits per heavy atom. The van der Waals surface area contributed by atoms with Gasteiger partial charge in [0, 0.05) is 5.92 Å². The first-order chi connectivity index (χ1) is 8.81. The lowest BCUT2D eigenvalue weighted by Crippen LogP contribution is -2.51. The summed E-state index contributed by atoms with van der Waals surface area (Å²) >= 11 is 0. The van der Waals surface area contributed by atoms with Gasteiger partial charge in [-0.1, -0.05) is 26.0 Å². The average Bonchev–Trinajstić information content (AvgIpc) is 2.37. The van der Waals surface area contributed by atoms with E-state index in [1.165, 1.54) is 31.2 Å². The number of halogens is 1. The Labute approximate surface area is 111 Å². The molecule has 2 unspecified atom stereocenters. The van der Waals surface area contributed by atoms with Crippen LogP contribution in [0.15, 0.2) is 24.3 Å². The summed E-state index contributed by atoms with van der Waals surface area (Å²) in [7, 11) is 0. The second kappa shape index (κ2) is 5.82. The molecular weight excluding hydrogens is 249 g/mol. The zero-order valence-electron chi connectivity index (χ0n) is 11.2. The molecule has 0 heterocycles. The van der Waals surface area contributed by atoms with Crippen molar-refractivity contribution in [3.05, 3.63) is 35.6 Å². The third-order valence-corrected chi connectivity index (χ3v) is 3.28. The molecule has 0 aliphatic rings. The van der Waals surface area contributed by atoms with Gasteiger partial charge in [-0.05, 0) is 31.0 Å². The van der Waals surface area contributed by atoms with Gasteiger partial charge in [-0.3, -0.25) is 4.79 Å². The van der Waals surface area contributed by atoms with Crippen molar-refractivity contribution in [3.8, 4) is 0 Å². The molecule has 2 atom stereocenters. The van der Waals surface area contributed by atoms with E-state index in [9.17, 15) is 19.1 Å². The van der Waals surface area contributed by atoms with Crippen molar-refractivity contribution in [2.24, 2.45) is 5.92 Å². The maximum atomic E-state index is 12.9. The fraction of sp³-hybridized carbons (Fsp3) is 0.429. The van der Waals surface area contributed by atoms with Gasteiger partial charge in [0.1, 0.15) is 5.82 Å². The Balaban J connectivity index is 3.07. The van der Waals surface area contributed by atoms with E-state index in [0.29, 0.717) is 12.0 Å². The van der Waals surface area contributed by atoms with Crippen LogP contribution in [-0.2, 0) is 15.1 Å². The third-order valence-electron chi connectivity index (χ3n) is 3.28. The highest BCUT2D eigenvalue weighted by Crippen LogP contribution is 2.22. The smallest absolute Gasteiger partial charge is 0.333 e. The molecule has 4 nitrogen and oxygen atoms in total. The molecule has 0 aliphatic heterocycles. The predicted molar refractivity (Wildman–Crippen MR) is 69.0 cm³/mol. The van der Waals surface area contributed by atoms with E-state index in [1.54, 1.807) is 6.92 Å². The van der Waals surface area contributed by atoms with E-state index in [4.69, 9.17) is 0 Å². The summed E-state index contributed by atoms with van der Waals surface area (Å²) in [5.74, 6) is -2.25. The molecule has 0 bridgehead atoms. The molecule has 1 rings (SSSR count). The molecule has 1 aromatic carbocycles. The van der Waals surface area contributed by atoms with Gasteiger partial charge in [0.15, 0.2) is 5.54 Å². The van der Waals surface area contributed by atoms with Crippen molar-refractivity contribution in [2.75, 3.05) is 0 Å². The number of benzene rings is 1. The summed E-state index contributed by atoms with van der Waals surface area (Å²) in [5, 5.41) is 11.9. The highest BCUT2D eigenvalue weighted by molar-refractivity contribution is 5.88. The van der Waals surface area contributed by atoms with Gasteiger partial charge in [-0.15, -0.1) is 0 Å². The number of nitrogens with one attached hydrogen (secondary N) is 1. The lowest BCUT2D eigenvalue weighted by molar-refractivity contribution is -0.148. The van der Waals surface area contributed by atoms with Gasteiger partial charge in [0.05, 0.1) is 0 Å². The van der Waals surface area contributed by atoms with Crippen molar-refractivity contribution < 1.29 is 19.1 Å². The van der Waals surface area contributed by atoms with E-state index in [1.807, 2.05) is 6.92 Å². The number of carbonyl (C=O) groups is 2. The SMILES string of the molecule is CCC(C)C(=O)NC(C)(C(=O)O)c1ccc(F)cc1. The first kappa shape index (κ1) is 15.1. The van der Waals surface area contributed by atoms with Crippen LogP contribution in [0.2, 0.25) is 0 Å². The second-order valence-corrected chi connectivity index (χ2v) is 4.74. The van der Waals surface area contributed by atoms with Gasteiger partial charge >= 0.3 is 5.97 Å². The molecule has 0 aromatic heterocycles. The van der Waals surface area contributed by atoms with Crippen LogP contribution < -0.4 is 5.32 Å². The number of carboxylic acids is 1. The third kappa shape index (κ3) is 3.30. The average molecular weight is 267 g/mol. The Bertz CT molecular complexity index is 472. The minimum atomic E-state index is -1.56. The van der Waals surface area contributed by atoms with Crippen molar-refractivity contribution in [3.63, 3.8) is 0 Å². The van der Waals surface area contributed by atoms with E-state index < -0.39 is 17.3 Å². The molecule has 19 heavy (non-hydrogen) atoms. The van der Waals surface area contributed by atoms with Crippen LogP contribution in [0.5, 0.6) is 0 Å². The largest absolute Gasteiger partial charge is 0.479 e. The summed E-state index contributed by atoms with van der Waals surface area (Å²) in [4.78, 5) is 23.3. The van der Waals surface area contributed by atoms with Crippen LogP contribution in [0.3, 0.4) is 0 Å². The molecule has 0 saturated carbocycles. The summed E-state index contributed by atoms with van der Waals surface area (Å²) in [6, 6.07) is 5.07. The predicted octanol–water partition coefficient (Wildman–Crippen LogP) is 2.29. The second-order valence-electron chi connectivity index (χ2n) is 4.74. The zero-order valence-corrected chi connectivity index (χ0v) is 11.2. The molecule has 0 fully saturated rings. The summed E-state index contributed by atoms with van der Waals surface area (Å²) < 4.78 is 12.9. The Morgan fingerprint density at radius 1 is 1.37 bits per heavy atom. The number of carbonyl (C=O) groups excluding carboxylic acids is 1. The van der Waals surface area contributed by atoms with Crippen molar-refractivity contribution in [1.29, 1.82) is 0 Å². The van der Waals surface area contributed by atoms with Crippen LogP contribution in [0.25, 0.3) is 0 Å². The van der Waals surface area contributed by atoms with Gasteiger partial charge in [0.2, 0.25) is 5.91 Å². The maximum Gasteiger partial charge on any atom is 0.333 e. The van der Waals surface area contributed by atoms with E-state index >= 15 is 0 Å². The number of aliphatic carboxylic acids is 1. The van der Waals surface area contributed by atoms with Crippen LogP contribution in [0, 0.1) is 11.7 Å². The number of hydrogen-bond acceptors (Lipinski definition) is 2. The lowest BCUT2D eigenvalue weighted by Gasteiger charge is -2.28. The highest BCUT2D eigenvalue weighted by Gasteiger charge is 2.37. The minimum Gasteiger partial charge on any atom is -0.479 e. The van der Waals surface area contributed by atoms with Gasteiger partial charge < -0.3 is 10.4 Å². The number of carboxylic acid groups (broad SMARTS) is 1. The van der Waals surface area contributed by atoms with Gasteiger partial charge in [-0.2, -0.15) is 0 Å². The molecule has 0 spiro atoms. The first-order valence-corrected chi connectivity index (χ1v) is 6.12. The zero-order chi connectivity index (χ0) is 14.6. The number of hydrogen-bond donors (Lipinski definition) is 2. The fourth-order valence-corrected chi connectivity index (χ4v) is 1.59. The first-order valence-electron chi connectivity index (χ1n) is 6.12. The quantitative estimate of drug-likeness (QED) is 0.860. The molecular formula is C14H18FNO3. The normalized spacial score (nSPS) is 15.4. The monoisotopic (exact) mass is 267 g/mol. The summed E-state index contributed by atoms with van der Waals surface area (Å²) in [6.45, 7) is 4.96. The van der Waals surface area contributed by atoms with Gasteiger partial charge in [-0.25, -0.2) is 9.18 Å². The van der Waals surface area contributed by atoms with Crippen molar-refractivity contribution >= 4 is 11.9 Å². The topological polar surface area (TPSA) is 66.4 Å². The van der Waals surface area contributed by atoms with E-state index in [-0.39, 0.29) is 11.8 Å². The van der Waals surface area contributed by atoms with Crippen LogP contribution in [0.4, 0.5) is 4.39 Å². The molecule has 5 heteroatoms. The molecule has 1 amide bonds. The van der Waals surface area contributed by atoms with Gasteiger partial charge in [0.25, 0.3) is 0 Å². The van der Waals surface area contributed by atoms with Crippen molar-refractivity contribution in [2.45, 2.75) is 32.7 Å².